The van der Waals surface area contributed by atoms with E-state index in [1.165, 1.54) is 0 Å². The van der Waals surface area contributed by atoms with Gasteiger partial charge in [-0.2, -0.15) is 0 Å². The average Bonchev–Trinajstić information content (AvgIpc) is 2.19. The molecular weight excluding hydrogens is 110 g/mol. The quantitative estimate of drug-likeness (QED) is 0.567. The third kappa shape index (κ3) is 0.846. The first-order valence-electron chi connectivity index (χ1n) is 3.49. The van der Waals surface area contributed by atoms with Crippen molar-refractivity contribution in [3.63, 3.8) is 0 Å². The van der Waals surface area contributed by atoms with Gasteiger partial charge in [0.2, 0.25) is 0 Å². The zero-order valence-corrected chi connectivity index (χ0v) is 6.39. The minimum absolute atomic E-state index is 0.510. The Labute approximate surface area is 56.9 Å². The summed E-state index contributed by atoms with van der Waals surface area (Å²) in [6.45, 7) is 6.83. The van der Waals surface area contributed by atoms with Crippen LogP contribution in [-0.2, 0) is 0 Å². The molecule has 2 atom stereocenters. The molecule has 0 radical (unpaired) electrons. The van der Waals surface area contributed by atoms with Gasteiger partial charge in [-0.1, -0.05) is 26.8 Å². The van der Waals surface area contributed by atoms with Crippen LogP contribution >= 0.6 is 0 Å². The highest BCUT2D eigenvalue weighted by Crippen LogP contribution is 2.58. The van der Waals surface area contributed by atoms with Crippen molar-refractivity contribution in [2.45, 2.75) is 20.8 Å². The third-order valence-corrected chi connectivity index (χ3v) is 2.78. The lowest BCUT2D eigenvalue weighted by molar-refractivity contribution is 0.570. The van der Waals surface area contributed by atoms with Gasteiger partial charge in [0.15, 0.2) is 0 Å². The fourth-order valence-corrected chi connectivity index (χ4v) is 1.47. The molecule has 1 fully saturated rings. The molecular formula is C8H15N. The second-order valence-electron chi connectivity index (χ2n) is 3.52. The van der Waals surface area contributed by atoms with Gasteiger partial charge in [-0.05, 0) is 23.5 Å². The van der Waals surface area contributed by atoms with Crippen LogP contribution in [0.4, 0.5) is 0 Å². The Bertz CT molecular complexity index is 136. The largest absolute Gasteiger partial charge is 0.405 e. The van der Waals surface area contributed by atoms with Gasteiger partial charge in [-0.25, -0.2) is 0 Å². The van der Waals surface area contributed by atoms with Gasteiger partial charge >= 0.3 is 0 Å². The Morgan fingerprint density at radius 3 is 2.00 bits per heavy atom. The second kappa shape index (κ2) is 1.76. The van der Waals surface area contributed by atoms with Gasteiger partial charge < -0.3 is 5.73 Å². The predicted molar refractivity (Wildman–Crippen MR) is 39.8 cm³/mol. The van der Waals surface area contributed by atoms with Crippen LogP contribution in [0.3, 0.4) is 0 Å². The minimum atomic E-state index is 0.510. The van der Waals surface area contributed by atoms with E-state index in [0.717, 1.165) is 11.8 Å². The van der Waals surface area contributed by atoms with E-state index >= 15 is 0 Å². The van der Waals surface area contributed by atoms with Crippen molar-refractivity contribution in [2.24, 2.45) is 23.0 Å². The normalized spacial score (nSPS) is 39.4. The van der Waals surface area contributed by atoms with Crippen LogP contribution in [0.25, 0.3) is 0 Å². The number of hydrogen-bond acceptors (Lipinski definition) is 1. The molecule has 2 N–H and O–H groups in total. The fourth-order valence-electron chi connectivity index (χ4n) is 1.47. The lowest BCUT2D eigenvalue weighted by atomic mass is 10.1. The average molecular weight is 125 g/mol. The first-order valence-corrected chi connectivity index (χ1v) is 3.49. The molecule has 0 amide bonds. The van der Waals surface area contributed by atoms with Crippen LogP contribution in [0.1, 0.15) is 20.8 Å². The molecule has 0 heterocycles. The molecule has 1 rings (SSSR count). The number of allylic oxidation sites excluding steroid dienone is 1. The number of hydrogen-bond donors (Lipinski definition) is 1. The van der Waals surface area contributed by atoms with E-state index < -0.39 is 0 Å². The Balaban J connectivity index is 2.52. The lowest BCUT2D eigenvalue weighted by Crippen LogP contribution is -1.88. The van der Waals surface area contributed by atoms with Crippen molar-refractivity contribution in [2.75, 3.05) is 0 Å². The highest BCUT2D eigenvalue weighted by atomic mass is 14.6. The number of nitrogens with two attached hydrogens (primary N) is 1. The molecule has 1 aliphatic carbocycles. The smallest absolute Gasteiger partial charge is 0.00999 e. The summed E-state index contributed by atoms with van der Waals surface area (Å²) in [5, 5.41) is 0. The van der Waals surface area contributed by atoms with Crippen LogP contribution in [0, 0.1) is 17.3 Å². The first kappa shape index (κ1) is 6.66. The van der Waals surface area contributed by atoms with Crippen molar-refractivity contribution in [1.29, 1.82) is 0 Å². The second-order valence-corrected chi connectivity index (χ2v) is 3.52. The summed E-state index contributed by atoms with van der Waals surface area (Å²) in [5.74, 6) is 1.54. The topological polar surface area (TPSA) is 26.0 Å². The highest BCUT2D eigenvalue weighted by molar-refractivity contribution is 5.11. The third-order valence-electron chi connectivity index (χ3n) is 2.78. The summed E-state index contributed by atoms with van der Waals surface area (Å²) in [5.41, 5.74) is 5.78. The molecule has 9 heavy (non-hydrogen) atoms. The zero-order chi connectivity index (χ0) is 7.07. The summed E-state index contributed by atoms with van der Waals surface area (Å²) < 4.78 is 0. The van der Waals surface area contributed by atoms with Crippen molar-refractivity contribution < 1.29 is 0 Å². The summed E-state index contributed by atoms with van der Waals surface area (Å²) in [4.78, 5) is 0. The van der Waals surface area contributed by atoms with E-state index in [-0.39, 0.29) is 0 Å². The van der Waals surface area contributed by atoms with E-state index in [1.54, 1.807) is 6.20 Å². The predicted octanol–water partition coefficient (Wildman–Crippen LogP) is 1.75. The molecule has 1 aliphatic rings. The summed E-state index contributed by atoms with van der Waals surface area (Å²) >= 11 is 0. The molecule has 0 aliphatic heterocycles. The van der Waals surface area contributed by atoms with Crippen molar-refractivity contribution in [1.82, 2.24) is 0 Å². The zero-order valence-electron chi connectivity index (χ0n) is 6.39. The first-order chi connectivity index (χ1) is 4.10. The van der Waals surface area contributed by atoms with Crippen molar-refractivity contribution in [3.8, 4) is 0 Å². The van der Waals surface area contributed by atoms with E-state index in [0.29, 0.717) is 5.41 Å². The van der Waals surface area contributed by atoms with E-state index in [2.05, 4.69) is 26.8 Å². The molecule has 0 spiro atoms. The van der Waals surface area contributed by atoms with Gasteiger partial charge in [-0.3, -0.25) is 0 Å². The molecule has 1 saturated carbocycles. The van der Waals surface area contributed by atoms with Crippen LogP contribution < -0.4 is 5.73 Å². The molecule has 52 valence electrons. The van der Waals surface area contributed by atoms with Gasteiger partial charge in [0.1, 0.15) is 0 Å². The molecule has 0 aromatic carbocycles. The van der Waals surface area contributed by atoms with E-state index in [9.17, 15) is 0 Å². The molecule has 1 nitrogen and oxygen atoms in total. The maximum Gasteiger partial charge on any atom is -0.00999 e. The van der Waals surface area contributed by atoms with Crippen molar-refractivity contribution in [3.05, 3.63) is 12.3 Å². The summed E-state index contributed by atoms with van der Waals surface area (Å²) in [6.07, 6.45) is 3.76. The van der Waals surface area contributed by atoms with Gasteiger partial charge in [-0.15, -0.1) is 0 Å². The monoisotopic (exact) mass is 125 g/mol. The van der Waals surface area contributed by atoms with Gasteiger partial charge in [0.05, 0.1) is 0 Å². The Kier molecular flexibility index (Phi) is 1.30. The molecule has 1 unspecified atom stereocenters. The molecule has 1 heteroatoms. The van der Waals surface area contributed by atoms with Crippen LogP contribution in [0.15, 0.2) is 12.3 Å². The number of rotatable bonds is 1. The Morgan fingerprint density at radius 2 is 1.89 bits per heavy atom. The van der Waals surface area contributed by atoms with Crippen LogP contribution in [0.5, 0.6) is 0 Å². The van der Waals surface area contributed by atoms with E-state index in [4.69, 9.17) is 5.73 Å². The maximum absolute atomic E-state index is 5.27. The highest BCUT2D eigenvalue weighted by Gasteiger charge is 2.52. The SMILES string of the molecule is C[C@@H]1C(/C=C/N)C1(C)C. The standard InChI is InChI=1S/C8H15N/c1-6-7(4-5-9)8(6,2)3/h4-7H,9H2,1-3H3/b5-4+/t6-,7?/m1/s1. The van der Waals surface area contributed by atoms with E-state index in [1.807, 2.05) is 0 Å². The minimum Gasteiger partial charge on any atom is -0.405 e. The molecule has 0 aromatic rings. The van der Waals surface area contributed by atoms with Crippen molar-refractivity contribution >= 4 is 0 Å². The molecule has 0 bridgehead atoms. The fraction of sp³-hybridized carbons (Fsp3) is 0.750. The molecule has 0 saturated heterocycles. The van der Waals surface area contributed by atoms with Gasteiger partial charge in [0, 0.05) is 0 Å². The van der Waals surface area contributed by atoms with Crippen LogP contribution in [-0.4, -0.2) is 0 Å². The summed E-state index contributed by atoms with van der Waals surface area (Å²) in [6, 6.07) is 0. The molecule has 0 aromatic heterocycles. The Morgan fingerprint density at radius 1 is 1.44 bits per heavy atom. The van der Waals surface area contributed by atoms with Gasteiger partial charge in [0.25, 0.3) is 0 Å². The van der Waals surface area contributed by atoms with Crippen LogP contribution in [0.2, 0.25) is 0 Å². The lowest BCUT2D eigenvalue weighted by Gasteiger charge is -1.95. The maximum atomic E-state index is 5.27. The summed E-state index contributed by atoms with van der Waals surface area (Å²) in [7, 11) is 0. The Hall–Kier alpha value is -0.460.